The number of pyridine rings is 2. The summed E-state index contributed by atoms with van der Waals surface area (Å²) >= 11 is 12.0. The van der Waals surface area contributed by atoms with Crippen LogP contribution >= 0.6 is 23.2 Å². The molecule has 2 heterocycles. The first-order valence-corrected chi connectivity index (χ1v) is 5.22. The zero-order chi connectivity index (χ0) is 10.7. The largest absolute Gasteiger partial charge is 0.259 e. The predicted octanol–water partition coefficient (Wildman–Crippen LogP) is 3.37. The number of aromatic nitrogens is 2. The summed E-state index contributed by atoms with van der Waals surface area (Å²) in [6.07, 6.45) is 3.97. The molecule has 0 unspecified atom stereocenters. The average molecular weight is 239 g/mol. The SMILES string of the molecule is Clc1cccnc1Cc1ncccc1Cl. The fraction of sp³-hybridized carbons (Fsp3) is 0.0909. The van der Waals surface area contributed by atoms with Crippen LogP contribution in [-0.4, -0.2) is 9.97 Å². The van der Waals surface area contributed by atoms with Crippen molar-refractivity contribution >= 4 is 23.2 Å². The van der Waals surface area contributed by atoms with Crippen LogP contribution in [0.3, 0.4) is 0 Å². The molecule has 76 valence electrons. The molecular weight excluding hydrogens is 231 g/mol. The molecule has 2 aromatic heterocycles. The second-order valence-corrected chi connectivity index (χ2v) is 3.86. The Kier molecular flexibility index (Phi) is 3.19. The average Bonchev–Trinajstić information content (AvgIpc) is 2.24. The number of hydrogen-bond donors (Lipinski definition) is 0. The Morgan fingerprint density at radius 1 is 0.867 bits per heavy atom. The van der Waals surface area contributed by atoms with Gasteiger partial charge in [0.2, 0.25) is 0 Å². The molecule has 0 aliphatic carbocycles. The minimum Gasteiger partial charge on any atom is -0.259 e. The molecule has 0 N–H and O–H groups in total. The van der Waals surface area contributed by atoms with Crippen LogP contribution in [0.4, 0.5) is 0 Å². The van der Waals surface area contributed by atoms with Crippen molar-refractivity contribution in [1.82, 2.24) is 9.97 Å². The van der Waals surface area contributed by atoms with E-state index in [0.717, 1.165) is 11.4 Å². The third-order valence-corrected chi connectivity index (χ3v) is 2.69. The number of hydrogen-bond acceptors (Lipinski definition) is 2. The zero-order valence-electron chi connectivity index (χ0n) is 7.82. The summed E-state index contributed by atoms with van der Waals surface area (Å²) in [5.74, 6) is 0. The van der Waals surface area contributed by atoms with Crippen LogP contribution in [0, 0.1) is 0 Å². The highest BCUT2D eigenvalue weighted by Gasteiger charge is 2.06. The molecule has 0 aliphatic heterocycles. The zero-order valence-corrected chi connectivity index (χ0v) is 9.33. The summed E-state index contributed by atoms with van der Waals surface area (Å²) in [5, 5.41) is 1.28. The van der Waals surface area contributed by atoms with Crippen molar-refractivity contribution in [2.45, 2.75) is 6.42 Å². The van der Waals surface area contributed by atoms with E-state index in [4.69, 9.17) is 23.2 Å². The third-order valence-electron chi connectivity index (χ3n) is 2.00. The van der Waals surface area contributed by atoms with Crippen molar-refractivity contribution in [3.63, 3.8) is 0 Å². The quantitative estimate of drug-likeness (QED) is 0.802. The van der Waals surface area contributed by atoms with E-state index in [1.54, 1.807) is 36.7 Å². The van der Waals surface area contributed by atoms with Gasteiger partial charge in [0.1, 0.15) is 0 Å². The Morgan fingerprint density at radius 3 is 1.73 bits per heavy atom. The Morgan fingerprint density at radius 2 is 1.33 bits per heavy atom. The summed E-state index contributed by atoms with van der Waals surface area (Å²) in [4.78, 5) is 8.37. The standard InChI is InChI=1S/C11H8Cl2N2/c12-8-3-1-5-14-10(8)7-11-9(13)4-2-6-15-11/h1-6H,7H2. The van der Waals surface area contributed by atoms with E-state index < -0.39 is 0 Å². The van der Waals surface area contributed by atoms with Gasteiger partial charge in [-0.3, -0.25) is 9.97 Å². The second kappa shape index (κ2) is 4.60. The highest BCUT2D eigenvalue weighted by atomic mass is 35.5. The van der Waals surface area contributed by atoms with Crippen LogP contribution in [0.1, 0.15) is 11.4 Å². The van der Waals surface area contributed by atoms with Crippen molar-refractivity contribution in [3.05, 3.63) is 58.1 Å². The minimum absolute atomic E-state index is 0.555. The van der Waals surface area contributed by atoms with Crippen LogP contribution < -0.4 is 0 Å². The summed E-state index contributed by atoms with van der Waals surface area (Å²) in [6.45, 7) is 0. The first-order chi connectivity index (χ1) is 7.27. The van der Waals surface area contributed by atoms with Crippen molar-refractivity contribution < 1.29 is 0 Å². The molecular formula is C11H8Cl2N2. The molecule has 0 radical (unpaired) electrons. The van der Waals surface area contributed by atoms with Crippen molar-refractivity contribution in [3.8, 4) is 0 Å². The van der Waals surface area contributed by atoms with E-state index in [0.29, 0.717) is 16.5 Å². The molecule has 0 aromatic carbocycles. The van der Waals surface area contributed by atoms with Crippen molar-refractivity contribution in [2.24, 2.45) is 0 Å². The molecule has 15 heavy (non-hydrogen) atoms. The molecule has 0 spiro atoms. The lowest BCUT2D eigenvalue weighted by atomic mass is 10.2. The third kappa shape index (κ3) is 2.46. The van der Waals surface area contributed by atoms with E-state index in [1.165, 1.54) is 0 Å². The predicted molar refractivity (Wildman–Crippen MR) is 61.3 cm³/mol. The fourth-order valence-corrected chi connectivity index (χ4v) is 1.63. The van der Waals surface area contributed by atoms with Crippen molar-refractivity contribution in [1.29, 1.82) is 0 Å². The maximum absolute atomic E-state index is 5.99. The van der Waals surface area contributed by atoms with E-state index in [-0.39, 0.29) is 0 Å². The molecule has 0 bridgehead atoms. The van der Waals surface area contributed by atoms with Gasteiger partial charge in [0.15, 0.2) is 0 Å². The first kappa shape index (κ1) is 10.4. The van der Waals surface area contributed by atoms with Gasteiger partial charge in [-0.2, -0.15) is 0 Å². The normalized spacial score (nSPS) is 10.3. The highest BCUT2D eigenvalue weighted by molar-refractivity contribution is 6.32. The van der Waals surface area contributed by atoms with Crippen LogP contribution in [-0.2, 0) is 6.42 Å². The molecule has 0 amide bonds. The smallest absolute Gasteiger partial charge is 0.0649 e. The molecule has 0 atom stereocenters. The molecule has 0 aliphatic rings. The number of halogens is 2. The number of rotatable bonds is 2. The Balaban J connectivity index is 2.30. The maximum Gasteiger partial charge on any atom is 0.0649 e. The lowest BCUT2D eigenvalue weighted by Gasteiger charge is -2.03. The van der Waals surface area contributed by atoms with Crippen LogP contribution in [0.25, 0.3) is 0 Å². The molecule has 0 fully saturated rings. The van der Waals surface area contributed by atoms with Gasteiger partial charge in [-0.25, -0.2) is 0 Å². The second-order valence-electron chi connectivity index (χ2n) is 3.04. The first-order valence-electron chi connectivity index (χ1n) is 4.46. The minimum atomic E-state index is 0.555. The molecule has 2 nitrogen and oxygen atoms in total. The van der Waals surface area contributed by atoms with Crippen LogP contribution in [0.5, 0.6) is 0 Å². The van der Waals surface area contributed by atoms with Gasteiger partial charge in [-0.15, -0.1) is 0 Å². The van der Waals surface area contributed by atoms with E-state index >= 15 is 0 Å². The van der Waals surface area contributed by atoms with E-state index in [1.807, 2.05) is 0 Å². The van der Waals surface area contributed by atoms with Gasteiger partial charge >= 0.3 is 0 Å². The van der Waals surface area contributed by atoms with Crippen molar-refractivity contribution in [2.75, 3.05) is 0 Å². The summed E-state index contributed by atoms with van der Waals surface area (Å²) < 4.78 is 0. The summed E-state index contributed by atoms with van der Waals surface area (Å²) in [5.41, 5.74) is 1.58. The van der Waals surface area contributed by atoms with Crippen LogP contribution in [0.15, 0.2) is 36.7 Å². The lowest BCUT2D eigenvalue weighted by molar-refractivity contribution is 1.01. The maximum atomic E-state index is 5.99. The van der Waals surface area contributed by atoms with Gasteiger partial charge in [0.05, 0.1) is 21.4 Å². The molecule has 0 saturated heterocycles. The van der Waals surface area contributed by atoms with Gasteiger partial charge in [0.25, 0.3) is 0 Å². The molecule has 2 rings (SSSR count). The van der Waals surface area contributed by atoms with E-state index in [2.05, 4.69) is 9.97 Å². The van der Waals surface area contributed by atoms with Gasteiger partial charge in [-0.05, 0) is 24.3 Å². The highest BCUT2D eigenvalue weighted by Crippen LogP contribution is 2.19. The molecule has 0 saturated carbocycles. The summed E-state index contributed by atoms with van der Waals surface area (Å²) in [7, 11) is 0. The van der Waals surface area contributed by atoms with Crippen LogP contribution in [0.2, 0.25) is 10.0 Å². The Bertz CT molecular complexity index is 428. The van der Waals surface area contributed by atoms with Gasteiger partial charge in [0, 0.05) is 18.8 Å². The topological polar surface area (TPSA) is 25.8 Å². The monoisotopic (exact) mass is 238 g/mol. The Labute approximate surface area is 97.9 Å². The lowest BCUT2D eigenvalue weighted by Crippen LogP contribution is -1.96. The van der Waals surface area contributed by atoms with E-state index in [9.17, 15) is 0 Å². The molecule has 2 aromatic rings. The molecule has 4 heteroatoms. The summed E-state index contributed by atoms with van der Waals surface area (Å²) in [6, 6.07) is 7.21. The number of nitrogens with zero attached hydrogens (tertiary/aromatic N) is 2. The van der Waals surface area contributed by atoms with Gasteiger partial charge < -0.3 is 0 Å². The Hall–Kier alpha value is -1.12. The van der Waals surface area contributed by atoms with Gasteiger partial charge in [-0.1, -0.05) is 23.2 Å². The fourth-order valence-electron chi connectivity index (χ4n) is 1.26.